The second kappa shape index (κ2) is 6.74. The predicted molar refractivity (Wildman–Crippen MR) is 90.3 cm³/mol. The highest BCUT2D eigenvalue weighted by atomic mass is 79.9. The van der Waals surface area contributed by atoms with Gasteiger partial charge in [0.05, 0.1) is 5.56 Å². The van der Waals surface area contributed by atoms with Crippen LogP contribution >= 0.6 is 15.9 Å². The molecule has 3 N–H and O–H groups in total. The van der Waals surface area contributed by atoms with Crippen LogP contribution in [0.4, 0.5) is 11.4 Å². The summed E-state index contributed by atoms with van der Waals surface area (Å²) in [4.78, 5) is 14.4. The number of benzene rings is 2. The van der Waals surface area contributed by atoms with Crippen molar-refractivity contribution in [2.45, 2.75) is 6.54 Å². The normalized spacial score (nSPS) is 10.7. The molecule has 0 atom stereocenters. The molecule has 1 amide bonds. The quantitative estimate of drug-likeness (QED) is 0.833. The molecule has 0 aliphatic carbocycles. The Labute approximate surface area is 133 Å². The van der Waals surface area contributed by atoms with Crippen LogP contribution in [0.1, 0.15) is 15.9 Å². The maximum absolute atomic E-state index is 12.4. The van der Waals surface area contributed by atoms with Crippen molar-refractivity contribution in [3.63, 3.8) is 0 Å². The zero-order valence-electron chi connectivity index (χ0n) is 12.1. The first-order valence-corrected chi connectivity index (χ1v) is 7.35. The van der Waals surface area contributed by atoms with E-state index in [1.165, 1.54) is 0 Å². The Bertz CT molecular complexity index is 656. The fraction of sp³-hybridized carbons (Fsp3) is 0.188. The van der Waals surface area contributed by atoms with E-state index in [9.17, 15) is 4.79 Å². The van der Waals surface area contributed by atoms with Crippen LogP contribution in [0.15, 0.2) is 46.9 Å². The number of nitrogens with two attached hydrogens (primary N) is 1. The summed E-state index contributed by atoms with van der Waals surface area (Å²) in [5, 5.41) is 2.93. The van der Waals surface area contributed by atoms with Crippen molar-refractivity contribution in [1.29, 1.82) is 0 Å². The van der Waals surface area contributed by atoms with Gasteiger partial charge in [-0.1, -0.05) is 34.1 Å². The van der Waals surface area contributed by atoms with E-state index in [0.29, 0.717) is 11.3 Å². The lowest BCUT2D eigenvalue weighted by Crippen LogP contribution is -2.17. The molecule has 0 saturated heterocycles. The lowest BCUT2D eigenvalue weighted by Gasteiger charge is -2.15. The molecule has 4 nitrogen and oxygen atoms in total. The van der Waals surface area contributed by atoms with Gasteiger partial charge in [0.1, 0.15) is 0 Å². The molecule has 0 heterocycles. The van der Waals surface area contributed by atoms with E-state index in [0.717, 1.165) is 22.3 Å². The standard InChI is InChI=1S/C16H18BrN3O/c1-20(2)10-11-5-3-4-6-15(11)19-16(21)13-8-7-12(17)9-14(13)18/h3-9H,10,18H2,1-2H3,(H,19,21). The number of carbonyl (C=O) groups is 1. The van der Waals surface area contributed by atoms with Gasteiger partial charge in [0, 0.05) is 22.4 Å². The van der Waals surface area contributed by atoms with Crippen LogP contribution in [0.3, 0.4) is 0 Å². The van der Waals surface area contributed by atoms with Crippen molar-refractivity contribution in [2.75, 3.05) is 25.1 Å². The van der Waals surface area contributed by atoms with Crippen molar-refractivity contribution in [1.82, 2.24) is 4.90 Å². The van der Waals surface area contributed by atoms with E-state index in [4.69, 9.17) is 5.73 Å². The van der Waals surface area contributed by atoms with E-state index in [1.54, 1.807) is 18.2 Å². The minimum Gasteiger partial charge on any atom is -0.398 e. The average Bonchev–Trinajstić information content (AvgIpc) is 2.40. The highest BCUT2D eigenvalue weighted by Gasteiger charge is 2.12. The molecule has 0 bridgehead atoms. The van der Waals surface area contributed by atoms with Gasteiger partial charge in [0.2, 0.25) is 0 Å². The number of rotatable bonds is 4. The largest absolute Gasteiger partial charge is 0.398 e. The van der Waals surface area contributed by atoms with Crippen molar-refractivity contribution >= 4 is 33.2 Å². The Kier molecular flexibility index (Phi) is 4.98. The topological polar surface area (TPSA) is 58.4 Å². The lowest BCUT2D eigenvalue weighted by atomic mass is 10.1. The van der Waals surface area contributed by atoms with E-state index in [2.05, 4.69) is 26.1 Å². The van der Waals surface area contributed by atoms with E-state index < -0.39 is 0 Å². The highest BCUT2D eigenvalue weighted by molar-refractivity contribution is 9.10. The van der Waals surface area contributed by atoms with Gasteiger partial charge in [-0.25, -0.2) is 0 Å². The van der Waals surface area contributed by atoms with Gasteiger partial charge in [-0.3, -0.25) is 4.79 Å². The Morgan fingerprint density at radius 1 is 1.24 bits per heavy atom. The number of para-hydroxylation sites is 1. The minimum atomic E-state index is -0.203. The smallest absolute Gasteiger partial charge is 0.257 e. The summed E-state index contributed by atoms with van der Waals surface area (Å²) < 4.78 is 0.851. The Balaban J connectivity index is 2.23. The molecule has 0 radical (unpaired) electrons. The van der Waals surface area contributed by atoms with Crippen molar-refractivity contribution < 1.29 is 4.79 Å². The molecule has 0 aliphatic rings. The van der Waals surface area contributed by atoms with Gasteiger partial charge in [-0.05, 0) is 43.9 Å². The van der Waals surface area contributed by atoms with Crippen molar-refractivity contribution in [2.24, 2.45) is 0 Å². The molecule has 110 valence electrons. The summed E-state index contributed by atoms with van der Waals surface area (Å²) in [6.07, 6.45) is 0. The maximum Gasteiger partial charge on any atom is 0.257 e. The summed E-state index contributed by atoms with van der Waals surface area (Å²) >= 11 is 3.33. The van der Waals surface area contributed by atoms with Gasteiger partial charge < -0.3 is 16.0 Å². The number of anilines is 2. The number of halogens is 1. The Morgan fingerprint density at radius 3 is 2.62 bits per heavy atom. The third-order valence-electron chi connectivity index (χ3n) is 3.01. The molecule has 2 aromatic rings. The van der Waals surface area contributed by atoms with Crippen LogP contribution in [-0.4, -0.2) is 24.9 Å². The van der Waals surface area contributed by atoms with Crippen LogP contribution in [0.5, 0.6) is 0 Å². The summed E-state index contributed by atoms with van der Waals surface area (Å²) in [5.41, 5.74) is 8.68. The van der Waals surface area contributed by atoms with Crippen LogP contribution in [-0.2, 0) is 6.54 Å². The monoisotopic (exact) mass is 347 g/mol. The maximum atomic E-state index is 12.4. The summed E-state index contributed by atoms with van der Waals surface area (Å²) in [6, 6.07) is 13.0. The zero-order chi connectivity index (χ0) is 15.4. The average molecular weight is 348 g/mol. The fourth-order valence-corrected chi connectivity index (χ4v) is 2.43. The first-order chi connectivity index (χ1) is 9.97. The highest BCUT2D eigenvalue weighted by Crippen LogP contribution is 2.21. The van der Waals surface area contributed by atoms with Crippen molar-refractivity contribution in [3.05, 3.63) is 58.1 Å². The lowest BCUT2D eigenvalue weighted by molar-refractivity contribution is 0.102. The molecule has 0 spiro atoms. The first-order valence-electron chi connectivity index (χ1n) is 6.56. The molecular weight excluding hydrogens is 330 g/mol. The van der Waals surface area contributed by atoms with Crippen LogP contribution in [0.25, 0.3) is 0 Å². The first kappa shape index (κ1) is 15.5. The Hall–Kier alpha value is -1.85. The van der Waals surface area contributed by atoms with Crippen molar-refractivity contribution in [3.8, 4) is 0 Å². The molecule has 2 rings (SSSR count). The van der Waals surface area contributed by atoms with Gasteiger partial charge in [-0.2, -0.15) is 0 Å². The van der Waals surface area contributed by atoms with E-state index in [1.807, 2.05) is 38.4 Å². The number of nitrogens with one attached hydrogen (secondary N) is 1. The molecule has 0 saturated carbocycles. The van der Waals surface area contributed by atoms with E-state index in [-0.39, 0.29) is 5.91 Å². The molecular formula is C16H18BrN3O. The third-order valence-corrected chi connectivity index (χ3v) is 3.50. The number of hydrogen-bond acceptors (Lipinski definition) is 3. The molecule has 0 unspecified atom stereocenters. The van der Waals surface area contributed by atoms with Crippen LogP contribution < -0.4 is 11.1 Å². The molecule has 0 aliphatic heterocycles. The molecule has 5 heteroatoms. The number of nitrogen functional groups attached to an aromatic ring is 1. The number of nitrogens with zero attached hydrogens (tertiary/aromatic N) is 1. The zero-order valence-corrected chi connectivity index (χ0v) is 13.6. The van der Waals surface area contributed by atoms with Gasteiger partial charge in [-0.15, -0.1) is 0 Å². The summed E-state index contributed by atoms with van der Waals surface area (Å²) in [5.74, 6) is -0.203. The van der Waals surface area contributed by atoms with Gasteiger partial charge >= 0.3 is 0 Å². The SMILES string of the molecule is CN(C)Cc1ccccc1NC(=O)c1ccc(Br)cc1N. The van der Waals surface area contributed by atoms with Crippen LogP contribution in [0, 0.1) is 0 Å². The van der Waals surface area contributed by atoms with Crippen LogP contribution in [0.2, 0.25) is 0 Å². The molecule has 2 aromatic carbocycles. The number of carbonyl (C=O) groups excluding carboxylic acids is 1. The molecule has 0 fully saturated rings. The summed E-state index contributed by atoms with van der Waals surface area (Å²) in [7, 11) is 3.98. The third kappa shape index (κ3) is 4.06. The molecule has 0 aromatic heterocycles. The molecule has 21 heavy (non-hydrogen) atoms. The summed E-state index contributed by atoms with van der Waals surface area (Å²) in [6.45, 7) is 0.756. The second-order valence-corrected chi connectivity index (χ2v) is 6.00. The Morgan fingerprint density at radius 2 is 1.95 bits per heavy atom. The van der Waals surface area contributed by atoms with Gasteiger partial charge in [0.25, 0.3) is 5.91 Å². The number of amides is 1. The number of hydrogen-bond donors (Lipinski definition) is 2. The predicted octanol–water partition coefficient (Wildman–Crippen LogP) is 3.35. The van der Waals surface area contributed by atoms with E-state index >= 15 is 0 Å². The minimum absolute atomic E-state index is 0.203. The second-order valence-electron chi connectivity index (χ2n) is 5.08. The fourth-order valence-electron chi connectivity index (χ4n) is 2.05. The van der Waals surface area contributed by atoms with Gasteiger partial charge in [0.15, 0.2) is 0 Å².